The molecule has 3 heterocycles. The van der Waals surface area contributed by atoms with E-state index < -0.39 is 0 Å². The Morgan fingerprint density at radius 2 is 1.93 bits per heavy atom. The van der Waals surface area contributed by atoms with Crippen LogP contribution >= 0.6 is 11.6 Å². The van der Waals surface area contributed by atoms with Crippen molar-refractivity contribution in [2.75, 3.05) is 18.5 Å². The summed E-state index contributed by atoms with van der Waals surface area (Å²) in [5, 5.41) is 4.49. The van der Waals surface area contributed by atoms with Crippen molar-refractivity contribution in [2.45, 2.75) is 45.1 Å². The summed E-state index contributed by atoms with van der Waals surface area (Å²) in [6.45, 7) is 11.0. The zero-order valence-electron chi connectivity index (χ0n) is 24.4. The molecule has 2 aromatic carbocycles. The zero-order chi connectivity index (χ0) is 30.7. The predicted molar refractivity (Wildman–Crippen MR) is 168 cm³/mol. The molecule has 224 valence electrons. The summed E-state index contributed by atoms with van der Waals surface area (Å²) in [5.41, 5.74) is 12.3. The molecule has 0 radical (unpaired) electrons. The molecule has 2 aromatic heterocycles. The van der Waals surface area contributed by atoms with Crippen LogP contribution in [-0.2, 0) is 10.2 Å². The van der Waals surface area contributed by atoms with Crippen molar-refractivity contribution in [3.63, 3.8) is 0 Å². The van der Waals surface area contributed by atoms with Crippen LogP contribution in [0.4, 0.5) is 11.4 Å². The number of pyridine rings is 1. The molecule has 0 spiro atoms. The average molecular weight is 603 g/mol. The van der Waals surface area contributed by atoms with Gasteiger partial charge in [-0.2, -0.15) is 5.10 Å². The number of aliphatic imine (C=N–C) groups is 1. The third-order valence-electron chi connectivity index (χ3n) is 7.23. The highest BCUT2D eigenvalue weighted by Crippen LogP contribution is 2.41. The quantitative estimate of drug-likeness (QED) is 0.0804. The number of ether oxygens (including phenoxy) is 2. The Hall–Kier alpha value is -4.61. The molecular weight excluding hydrogens is 568 g/mol. The van der Waals surface area contributed by atoms with E-state index in [9.17, 15) is 4.79 Å². The second kappa shape index (κ2) is 12.3. The molecule has 1 saturated heterocycles. The highest BCUT2D eigenvalue weighted by atomic mass is 35.5. The fourth-order valence-corrected chi connectivity index (χ4v) is 5.14. The topological polar surface area (TPSA) is 145 Å². The second-order valence-corrected chi connectivity index (χ2v) is 11.7. The number of piperidine rings is 1. The highest BCUT2D eigenvalue weighted by molar-refractivity contribution is 6.32. The van der Waals surface area contributed by atoms with Gasteiger partial charge in [0.1, 0.15) is 35.5 Å². The maximum Gasteiger partial charge on any atom is 0.245 e. The van der Waals surface area contributed by atoms with Gasteiger partial charge in [-0.15, -0.1) is 0 Å². The van der Waals surface area contributed by atoms with Gasteiger partial charge in [0.15, 0.2) is 5.65 Å². The molecule has 0 atom stereocenters. The highest BCUT2D eigenvalue weighted by Gasteiger charge is 2.24. The normalized spacial score (nSPS) is 14.5. The maximum atomic E-state index is 11.9. The Morgan fingerprint density at radius 3 is 2.63 bits per heavy atom. The molecule has 43 heavy (non-hydrogen) atoms. The van der Waals surface area contributed by atoms with E-state index in [4.69, 9.17) is 37.6 Å². The molecule has 5 rings (SSSR count). The van der Waals surface area contributed by atoms with E-state index in [1.165, 1.54) is 12.4 Å². The molecule has 1 amide bonds. The molecule has 12 heteroatoms. The van der Waals surface area contributed by atoms with Crippen LogP contribution in [0.5, 0.6) is 17.2 Å². The van der Waals surface area contributed by atoms with Crippen LogP contribution < -0.4 is 26.5 Å². The summed E-state index contributed by atoms with van der Waals surface area (Å²) >= 11 is 6.71. The number of fused-ring (bicyclic) bond motifs is 1. The summed E-state index contributed by atoms with van der Waals surface area (Å²) < 4.78 is 14.1. The van der Waals surface area contributed by atoms with Gasteiger partial charge in [-0.05, 0) is 53.5 Å². The number of halogens is 1. The first-order valence-electron chi connectivity index (χ1n) is 13.9. The molecule has 0 unspecified atom stereocenters. The fourth-order valence-electron chi connectivity index (χ4n) is 4.94. The number of likely N-dealkylation sites (tertiary alicyclic amines) is 1. The van der Waals surface area contributed by atoms with Crippen LogP contribution in [0.1, 0.15) is 44.7 Å². The molecule has 1 fully saturated rings. The number of nitrogens with zero attached hydrogens (tertiary/aromatic N) is 5. The van der Waals surface area contributed by atoms with Crippen LogP contribution in [-0.4, -0.2) is 50.4 Å². The molecule has 0 aliphatic carbocycles. The summed E-state index contributed by atoms with van der Waals surface area (Å²) in [5.74, 6) is 7.68. The van der Waals surface area contributed by atoms with E-state index in [0.29, 0.717) is 70.8 Å². The first-order valence-corrected chi connectivity index (χ1v) is 14.3. The minimum atomic E-state index is -0.319. The first-order chi connectivity index (χ1) is 20.5. The molecule has 1 aliphatic rings. The van der Waals surface area contributed by atoms with Gasteiger partial charge in [0.2, 0.25) is 5.91 Å². The smallest absolute Gasteiger partial charge is 0.245 e. The minimum absolute atomic E-state index is 0.0409. The van der Waals surface area contributed by atoms with Crippen molar-refractivity contribution >= 4 is 40.4 Å². The van der Waals surface area contributed by atoms with Crippen molar-refractivity contribution in [1.82, 2.24) is 19.5 Å². The van der Waals surface area contributed by atoms with Crippen molar-refractivity contribution < 1.29 is 14.3 Å². The third-order valence-corrected chi connectivity index (χ3v) is 7.53. The third kappa shape index (κ3) is 6.73. The van der Waals surface area contributed by atoms with Crippen molar-refractivity contribution in [3.8, 4) is 17.2 Å². The number of carbonyl (C=O) groups excluding carboxylic acids is 1. The Balaban J connectivity index is 1.42. The molecule has 1 aliphatic heterocycles. The Kier molecular flexibility index (Phi) is 8.56. The average Bonchev–Trinajstić information content (AvgIpc) is 3.46. The van der Waals surface area contributed by atoms with Gasteiger partial charge in [0, 0.05) is 43.8 Å². The lowest BCUT2D eigenvalue weighted by molar-refractivity contribution is -0.127. The van der Waals surface area contributed by atoms with Crippen LogP contribution in [0, 0.1) is 0 Å². The molecule has 0 bridgehead atoms. The van der Waals surface area contributed by atoms with Gasteiger partial charge in [-0.1, -0.05) is 39.0 Å². The number of hydrazine groups is 1. The largest absolute Gasteiger partial charge is 0.490 e. The summed E-state index contributed by atoms with van der Waals surface area (Å²) in [6, 6.07) is 12.6. The number of hydrogen-bond donors (Lipinski definition) is 3. The van der Waals surface area contributed by atoms with E-state index in [2.05, 4.69) is 42.9 Å². The van der Waals surface area contributed by atoms with Crippen LogP contribution in [0.15, 0.2) is 72.6 Å². The van der Waals surface area contributed by atoms with Crippen LogP contribution in [0.2, 0.25) is 5.02 Å². The summed E-state index contributed by atoms with van der Waals surface area (Å²) in [4.78, 5) is 22.7. The number of aromatic nitrogens is 3. The van der Waals surface area contributed by atoms with Crippen molar-refractivity contribution in [3.05, 3.63) is 83.8 Å². The SMILES string of the molecule is C=CC(=O)N1CCC(Oc2ccc(NN)c(C(N)=Nc3cc(Cl)c(Oc4ccn5ncnc5c4)cc3C(C)(C)C)c2)CC1. The lowest BCUT2D eigenvalue weighted by atomic mass is 9.85. The van der Waals surface area contributed by atoms with E-state index >= 15 is 0 Å². The second-order valence-electron chi connectivity index (χ2n) is 11.3. The number of amidine groups is 1. The number of nitrogens with one attached hydrogen (secondary N) is 1. The van der Waals surface area contributed by atoms with Crippen molar-refractivity contribution in [2.24, 2.45) is 16.6 Å². The Labute approximate surface area is 255 Å². The van der Waals surface area contributed by atoms with Crippen LogP contribution in [0.25, 0.3) is 5.65 Å². The van der Waals surface area contributed by atoms with Gasteiger partial charge < -0.3 is 25.5 Å². The molecule has 11 nitrogen and oxygen atoms in total. The van der Waals surface area contributed by atoms with E-state index in [1.807, 2.05) is 18.2 Å². The fraction of sp³-hybridized carbons (Fsp3) is 0.290. The molecule has 5 N–H and O–H groups in total. The maximum absolute atomic E-state index is 11.9. The number of nitrogens with two attached hydrogens (primary N) is 2. The lowest BCUT2D eigenvalue weighted by Crippen LogP contribution is -2.41. The molecule has 0 saturated carbocycles. The number of hydrogen-bond acceptors (Lipinski definition) is 8. The number of rotatable bonds is 8. The monoisotopic (exact) mass is 602 g/mol. The molecular formula is C31H35ClN8O3. The number of amides is 1. The van der Waals surface area contributed by atoms with Gasteiger partial charge in [-0.3, -0.25) is 10.6 Å². The lowest BCUT2D eigenvalue weighted by Gasteiger charge is -2.31. The summed E-state index contributed by atoms with van der Waals surface area (Å²) in [6.07, 6.45) is 5.97. The van der Waals surface area contributed by atoms with Gasteiger partial charge in [-0.25, -0.2) is 14.5 Å². The van der Waals surface area contributed by atoms with Crippen LogP contribution in [0.3, 0.4) is 0 Å². The van der Waals surface area contributed by atoms with Gasteiger partial charge in [0.05, 0.1) is 16.4 Å². The van der Waals surface area contributed by atoms with E-state index in [1.54, 1.807) is 39.9 Å². The van der Waals surface area contributed by atoms with E-state index in [0.717, 1.165) is 5.56 Å². The standard InChI is InChI=1S/C31H35ClN8O3/c1-5-29(41)39-11-8-19(9-12-39)42-20-6-7-25(38-34)22(14-20)30(33)37-26-17-24(32)27(16-23(26)31(2,3)4)43-21-10-13-40-28(15-21)35-18-36-40/h5-7,10,13-19,38H,1,8-9,11-12,34H2,2-4H3,(H2,33,37). The zero-order valence-corrected chi connectivity index (χ0v) is 25.1. The first kappa shape index (κ1) is 29.9. The molecule has 4 aromatic rings. The summed E-state index contributed by atoms with van der Waals surface area (Å²) in [7, 11) is 0. The van der Waals surface area contributed by atoms with E-state index in [-0.39, 0.29) is 23.3 Å². The predicted octanol–water partition coefficient (Wildman–Crippen LogP) is 5.35. The number of nitrogen functional groups attached to an aromatic ring is 1. The number of anilines is 1. The Morgan fingerprint density at radius 1 is 1.16 bits per heavy atom. The van der Waals surface area contributed by atoms with Gasteiger partial charge >= 0.3 is 0 Å². The number of benzene rings is 2. The van der Waals surface area contributed by atoms with Gasteiger partial charge in [0.25, 0.3) is 0 Å². The number of carbonyl (C=O) groups is 1. The van der Waals surface area contributed by atoms with Crippen molar-refractivity contribution in [1.29, 1.82) is 0 Å². The Bertz CT molecular complexity index is 1690. The minimum Gasteiger partial charge on any atom is -0.490 e.